The van der Waals surface area contributed by atoms with Gasteiger partial charge in [-0.15, -0.1) is 0 Å². The number of hydrogen-bond acceptors (Lipinski definition) is 4. The van der Waals surface area contributed by atoms with E-state index in [4.69, 9.17) is 0 Å². The van der Waals surface area contributed by atoms with Gasteiger partial charge in [-0.3, -0.25) is 19.3 Å². The van der Waals surface area contributed by atoms with Crippen molar-refractivity contribution < 1.29 is 18.8 Å². The van der Waals surface area contributed by atoms with E-state index in [-0.39, 0.29) is 24.1 Å². The van der Waals surface area contributed by atoms with Crippen molar-refractivity contribution in [2.75, 3.05) is 18.8 Å². The molecule has 152 valence electrons. The van der Waals surface area contributed by atoms with E-state index < -0.39 is 17.1 Å². The minimum atomic E-state index is -0.657. The van der Waals surface area contributed by atoms with E-state index >= 15 is 0 Å². The number of aromatic amines is 1. The van der Waals surface area contributed by atoms with Gasteiger partial charge in [0.15, 0.2) is 0 Å². The van der Waals surface area contributed by atoms with Crippen LogP contribution in [-0.4, -0.2) is 50.7 Å². The second kappa shape index (κ2) is 7.28. The van der Waals surface area contributed by atoms with Gasteiger partial charge in [0, 0.05) is 28.7 Å². The average Bonchev–Trinajstić information content (AvgIpc) is 3.28. The molecule has 0 aliphatic carbocycles. The Morgan fingerprint density at radius 2 is 1.90 bits per heavy atom. The maximum absolute atomic E-state index is 14.8. The van der Waals surface area contributed by atoms with Gasteiger partial charge in [-0.05, 0) is 24.1 Å². The highest BCUT2D eigenvalue weighted by atomic mass is 32.2. The molecule has 3 heterocycles. The highest BCUT2D eigenvalue weighted by Gasteiger charge is 2.39. The number of rotatable bonds is 3. The SMILES string of the molecule is O=C1CSC(=O)N1CC(=O)N1CCc2c([nH]c3ccccc23)[C@H]1c1ccccc1F. The monoisotopic (exact) mass is 423 g/mol. The Hall–Kier alpha value is -3.13. The first-order valence-corrected chi connectivity index (χ1v) is 10.6. The Morgan fingerprint density at radius 1 is 1.13 bits per heavy atom. The first kappa shape index (κ1) is 18.9. The van der Waals surface area contributed by atoms with Crippen molar-refractivity contribution in [2.45, 2.75) is 12.5 Å². The summed E-state index contributed by atoms with van der Waals surface area (Å²) >= 11 is 0.894. The third kappa shape index (κ3) is 2.99. The summed E-state index contributed by atoms with van der Waals surface area (Å²) in [5.41, 5.74) is 3.15. The molecule has 3 aromatic rings. The molecule has 8 heteroatoms. The largest absolute Gasteiger partial charge is 0.356 e. The molecule has 0 spiro atoms. The summed E-state index contributed by atoms with van der Waals surface area (Å²) in [7, 11) is 0. The van der Waals surface area contributed by atoms with Gasteiger partial charge in [-0.2, -0.15) is 0 Å². The maximum Gasteiger partial charge on any atom is 0.289 e. The summed E-state index contributed by atoms with van der Waals surface area (Å²) in [6.07, 6.45) is 0.604. The fourth-order valence-electron chi connectivity index (χ4n) is 4.29. The summed E-state index contributed by atoms with van der Waals surface area (Å²) in [6, 6.07) is 13.6. The van der Waals surface area contributed by atoms with Gasteiger partial charge >= 0.3 is 0 Å². The number of fused-ring (bicyclic) bond motifs is 3. The van der Waals surface area contributed by atoms with Crippen LogP contribution in [0.1, 0.15) is 22.9 Å². The molecule has 1 N–H and O–H groups in total. The lowest BCUT2D eigenvalue weighted by Gasteiger charge is -2.37. The number of aromatic nitrogens is 1. The van der Waals surface area contributed by atoms with Crippen LogP contribution < -0.4 is 0 Å². The highest BCUT2D eigenvalue weighted by molar-refractivity contribution is 8.14. The predicted molar refractivity (Wildman–Crippen MR) is 112 cm³/mol. The van der Waals surface area contributed by atoms with Gasteiger partial charge in [0.2, 0.25) is 11.8 Å². The molecule has 3 amide bonds. The molecule has 1 fully saturated rings. The van der Waals surface area contributed by atoms with Gasteiger partial charge < -0.3 is 9.88 Å². The van der Waals surface area contributed by atoms with Crippen LogP contribution in [0.2, 0.25) is 0 Å². The number of nitrogens with one attached hydrogen (secondary N) is 1. The quantitative estimate of drug-likeness (QED) is 0.700. The second-order valence-electron chi connectivity index (χ2n) is 7.36. The number of H-pyrrole nitrogens is 1. The van der Waals surface area contributed by atoms with Crippen LogP contribution in [-0.2, 0) is 16.0 Å². The Kier molecular flexibility index (Phi) is 4.58. The van der Waals surface area contributed by atoms with Crippen molar-refractivity contribution in [3.63, 3.8) is 0 Å². The van der Waals surface area contributed by atoms with Crippen molar-refractivity contribution in [2.24, 2.45) is 0 Å². The van der Waals surface area contributed by atoms with Gasteiger partial charge in [0.1, 0.15) is 18.4 Å². The molecule has 2 aliphatic rings. The zero-order valence-electron chi connectivity index (χ0n) is 15.9. The Labute approximate surface area is 176 Å². The summed E-state index contributed by atoms with van der Waals surface area (Å²) < 4.78 is 14.8. The van der Waals surface area contributed by atoms with Crippen LogP contribution in [0.15, 0.2) is 48.5 Å². The number of carbonyl (C=O) groups excluding carboxylic acids is 3. The molecule has 0 bridgehead atoms. The number of nitrogens with zero attached hydrogens (tertiary/aromatic N) is 2. The van der Waals surface area contributed by atoms with Crippen molar-refractivity contribution in [1.82, 2.24) is 14.8 Å². The zero-order chi connectivity index (χ0) is 20.8. The molecule has 0 unspecified atom stereocenters. The minimum absolute atomic E-state index is 0.0506. The smallest absolute Gasteiger partial charge is 0.289 e. The standard InChI is InChI=1S/C22H18FN3O3S/c23-16-7-3-1-6-15(16)21-20-14(13-5-2-4-8-17(13)24-20)9-10-25(21)18(27)11-26-19(28)12-30-22(26)29/h1-8,21,24H,9-12H2/t21-/m1/s1. The number of benzene rings is 2. The fraction of sp³-hybridized carbons (Fsp3) is 0.227. The molecular weight excluding hydrogens is 405 g/mol. The first-order chi connectivity index (χ1) is 14.5. The second-order valence-corrected chi connectivity index (χ2v) is 8.29. The lowest BCUT2D eigenvalue weighted by atomic mass is 9.92. The molecule has 30 heavy (non-hydrogen) atoms. The maximum atomic E-state index is 14.8. The van der Waals surface area contributed by atoms with Crippen LogP contribution >= 0.6 is 11.8 Å². The molecule has 5 rings (SSSR count). The van der Waals surface area contributed by atoms with Gasteiger partial charge in [-0.25, -0.2) is 4.39 Å². The van der Waals surface area contributed by atoms with Gasteiger partial charge in [0.05, 0.1) is 5.75 Å². The Bertz CT molecular complexity index is 1180. The third-order valence-electron chi connectivity index (χ3n) is 5.69. The van der Waals surface area contributed by atoms with E-state index in [1.165, 1.54) is 6.07 Å². The lowest BCUT2D eigenvalue weighted by molar-refractivity contribution is -0.138. The Balaban J connectivity index is 1.58. The lowest BCUT2D eigenvalue weighted by Crippen LogP contribution is -2.46. The van der Waals surface area contributed by atoms with E-state index in [9.17, 15) is 18.8 Å². The van der Waals surface area contributed by atoms with E-state index in [0.717, 1.165) is 38.8 Å². The molecule has 2 aromatic carbocycles. The van der Waals surface area contributed by atoms with E-state index in [0.29, 0.717) is 18.5 Å². The van der Waals surface area contributed by atoms with Crippen LogP contribution in [0.5, 0.6) is 0 Å². The van der Waals surface area contributed by atoms with E-state index in [2.05, 4.69) is 4.98 Å². The summed E-state index contributed by atoms with van der Waals surface area (Å²) in [4.78, 5) is 43.0. The van der Waals surface area contributed by atoms with Crippen LogP contribution in [0, 0.1) is 5.82 Å². The number of carbonyl (C=O) groups is 3. The van der Waals surface area contributed by atoms with Gasteiger partial charge in [-0.1, -0.05) is 48.2 Å². The first-order valence-electron chi connectivity index (χ1n) is 9.65. The molecule has 2 aliphatic heterocycles. The highest BCUT2D eigenvalue weighted by Crippen LogP contribution is 2.39. The number of para-hydroxylation sites is 1. The number of amides is 3. The Morgan fingerprint density at radius 3 is 2.67 bits per heavy atom. The number of imide groups is 1. The minimum Gasteiger partial charge on any atom is -0.356 e. The number of hydrogen-bond donors (Lipinski definition) is 1. The van der Waals surface area contributed by atoms with Crippen molar-refractivity contribution in [3.8, 4) is 0 Å². The molecule has 0 radical (unpaired) electrons. The summed E-state index contributed by atoms with van der Waals surface area (Å²) in [6.45, 7) is 0.0429. The fourth-order valence-corrected chi connectivity index (χ4v) is 5.01. The molecule has 6 nitrogen and oxygen atoms in total. The van der Waals surface area contributed by atoms with Gasteiger partial charge in [0.25, 0.3) is 5.24 Å². The topological polar surface area (TPSA) is 73.5 Å². The number of thioether (sulfide) groups is 1. The zero-order valence-corrected chi connectivity index (χ0v) is 16.7. The van der Waals surface area contributed by atoms with Crippen LogP contribution in [0.4, 0.5) is 9.18 Å². The average molecular weight is 423 g/mol. The van der Waals surface area contributed by atoms with E-state index in [1.54, 1.807) is 23.1 Å². The van der Waals surface area contributed by atoms with Crippen LogP contribution in [0.3, 0.4) is 0 Å². The third-order valence-corrected chi connectivity index (χ3v) is 6.55. The number of halogens is 1. The predicted octanol–water partition coefficient (Wildman–Crippen LogP) is 3.48. The van der Waals surface area contributed by atoms with Crippen LogP contribution in [0.25, 0.3) is 10.9 Å². The molecule has 1 atom stereocenters. The van der Waals surface area contributed by atoms with Crippen molar-refractivity contribution in [3.05, 3.63) is 71.2 Å². The van der Waals surface area contributed by atoms with E-state index in [1.807, 2.05) is 24.3 Å². The normalized spacial score (nSPS) is 18.9. The summed E-state index contributed by atoms with van der Waals surface area (Å²) in [5.74, 6) is -1.11. The molecular formula is C22H18FN3O3S. The van der Waals surface area contributed by atoms with Crippen molar-refractivity contribution >= 4 is 39.7 Å². The van der Waals surface area contributed by atoms with Crippen molar-refractivity contribution in [1.29, 1.82) is 0 Å². The molecule has 1 saturated heterocycles. The summed E-state index contributed by atoms with van der Waals surface area (Å²) in [5, 5.41) is 0.640. The molecule has 1 aromatic heterocycles. The molecule has 0 saturated carbocycles.